The van der Waals surface area contributed by atoms with Crippen LogP contribution in [-0.4, -0.2) is 53.1 Å². The van der Waals surface area contributed by atoms with Gasteiger partial charge in [-0.25, -0.2) is 4.68 Å². The van der Waals surface area contributed by atoms with Crippen molar-refractivity contribution in [1.29, 1.82) is 0 Å². The smallest absolute Gasteiger partial charge is 0.304 e. The summed E-state index contributed by atoms with van der Waals surface area (Å²) in [4.78, 5) is 12.6. The van der Waals surface area contributed by atoms with E-state index in [4.69, 9.17) is 4.74 Å². The van der Waals surface area contributed by atoms with E-state index in [2.05, 4.69) is 17.2 Å². The number of nitrogens with zero attached hydrogens (tertiary/aromatic N) is 4. The van der Waals surface area contributed by atoms with Gasteiger partial charge in [0.1, 0.15) is 16.8 Å². The minimum Gasteiger partial charge on any atom is -0.494 e. The average Bonchev–Trinajstić information content (AvgIpc) is 3.30. The van der Waals surface area contributed by atoms with Gasteiger partial charge < -0.3 is 9.84 Å². The standard InChI is InChI=1S/C29H34N4O5S/c1-5-19-16-33(39(36,37)27-9-7-6-8-23(19)27)17-22-12-20(11-10-18(22)2)24(15-28(34)35)21-13-25-29(26(14-21)38-4)32(3)31-30-25/h6-14,19,24,36-37H,5,15-17H2,1-4H3,(H,34,35). The Hall–Kier alpha value is -3.44. The molecule has 0 fully saturated rings. The van der Waals surface area contributed by atoms with Gasteiger partial charge in [-0.05, 0) is 65.3 Å². The van der Waals surface area contributed by atoms with Crippen molar-refractivity contribution in [1.82, 2.24) is 19.3 Å². The maximum absolute atomic E-state index is 12.0. The second-order valence-corrected chi connectivity index (χ2v) is 12.1. The van der Waals surface area contributed by atoms with E-state index in [-0.39, 0.29) is 12.3 Å². The van der Waals surface area contributed by atoms with Crippen LogP contribution in [-0.2, 0) is 18.4 Å². The Balaban J connectivity index is 1.54. The third-order valence-corrected chi connectivity index (χ3v) is 9.70. The third kappa shape index (κ3) is 5.00. The molecule has 0 spiro atoms. The molecule has 0 aliphatic carbocycles. The number of benzene rings is 3. The van der Waals surface area contributed by atoms with E-state index in [0.717, 1.165) is 39.8 Å². The highest BCUT2D eigenvalue weighted by Gasteiger charge is 2.36. The number of rotatable bonds is 8. The van der Waals surface area contributed by atoms with Crippen LogP contribution in [0, 0.1) is 6.92 Å². The maximum atomic E-state index is 12.0. The Labute approximate surface area is 229 Å². The number of hydrogen-bond donors (Lipinski definition) is 3. The molecule has 0 amide bonds. The zero-order valence-corrected chi connectivity index (χ0v) is 23.4. The van der Waals surface area contributed by atoms with Crippen LogP contribution in [0.3, 0.4) is 0 Å². The number of hydrogen-bond acceptors (Lipinski definition) is 7. The summed E-state index contributed by atoms with van der Waals surface area (Å²) in [6.45, 7) is 4.96. The average molecular weight is 551 g/mol. The topological polar surface area (TPSA) is 121 Å². The van der Waals surface area contributed by atoms with E-state index in [9.17, 15) is 19.0 Å². The van der Waals surface area contributed by atoms with Crippen molar-refractivity contribution in [2.24, 2.45) is 7.05 Å². The van der Waals surface area contributed by atoms with E-state index in [1.807, 2.05) is 61.5 Å². The molecule has 1 aromatic heterocycles. The van der Waals surface area contributed by atoms with Gasteiger partial charge in [0.05, 0.1) is 18.4 Å². The molecule has 3 aromatic carbocycles. The molecule has 2 atom stereocenters. The first-order valence-corrected chi connectivity index (χ1v) is 14.4. The zero-order valence-electron chi connectivity index (χ0n) is 22.5. The van der Waals surface area contributed by atoms with E-state index < -0.39 is 22.7 Å². The fraction of sp³-hybridized carbons (Fsp3) is 0.345. The summed E-state index contributed by atoms with van der Waals surface area (Å²) in [6, 6.07) is 17.2. The minimum atomic E-state index is -3.17. The number of ether oxygens (including phenoxy) is 1. The Kier molecular flexibility index (Phi) is 7.39. The first-order valence-electron chi connectivity index (χ1n) is 12.9. The summed E-state index contributed by atoms with van der Waals surface area (Å²) in [6.07, 6.45) is 0.761. The van der Waals surface area contributed by atoms with Crippen LogP contribution >= 0.6 is 10.8 Å². The largest absolute Gasteiger partial charge is 0.494 e. The molecule has 1 aliphatic heterocycles. The first-order chi connectivity index (χ1) is 18.6. The van der Waals surface area contributed by atoms with Gasteiger partial charge in [-0.3, -0.25) is 13.9 Å². The summed E-state index contributed by atoms with van der Waals surface area (Å²) in [5.41, 5.74) is 5.86. The van der Waals surface area contributed by atoms with Crippen molar-refractivity contribution in [2.75, 3.05) is 13.7 Å². The molecule has 2 heterocycles. The molecular formula is C29H34N4O5S. The predicted octanol–water partition coefficient (Wildman–Crippen LogP) is 5.93. The molecule has 4 aromatic rings. The Bertz CT molecular complexity index is 1540. The number of fused-ring (bicyclic) bond motifs is 2. The van der Waals surface area contributed by atoms with Gasteiger partial charge in [0.2, 0.25) is 0 Å². The molecule has 2 unspecified atom stereocenters. The fourth-order valence-corrected chi connectivity index (χ4v) is 7.36. The highest BCUT2D eigenvalue weighted by molar-refractivity contribution is 8.22. The predicted molar refractivity (Wildman–Crippen MR) is 151 cm³/mol. The second kappa shape index (κ2) is 10.6. The molecule has 1 aliphatic rings. The van der Waals surface area contributed by atoms with Crippen LogP contribution in [0.4, 0.5) is 0 Å². The summed E-state index contributed by atoms with van der Waals surface area (Å²) in [7, 11) is 0.182. The molecular weight excluding hydrogens is 516 g/mol. The van der Waals surface area contributed by atoms with Crippen LogP contribution in [0.1, 0.15) is 59.4 Å². The first kappa shape index (κ1) is 27.1. The monoisotopic (exact) mass is 550 g/mol. The zero-order chi connectivity index (χ0) is 27.9. The van der Waals surface area contributed by atoms with Gasteiger partial charge in [-0.2, -0.15) is 4.31 Å². The number of carboxylic acids is 1. The number of aromatic nitrogens is 3. The molecule has 0 radical (unpaired) electrons. The molecule has 10 heteroatoms. The highest BCUT2D eigenvalue weighted by atomic mass is 32.3. The van der Waals surface area contributed by atoms with E-state index in [1.165, 1.54) is 0 Å². The number of carboxylic acid groups (broad SMARTS) is 1. The highest BCUT2D eigenvalue weighted by Crippen LogP contribution is 2.59. The van der Waals surface area contributed by atoms with Gasteiger partial charge >= 0.3 is 5.97 Å². The number of aliphatic carboxylic acids is 1. The molecule has 206 valence electrons. The lowest BCUT2D eigenvalue weighted by Gasteiger charge is -2.49. The van der Waals surface area contributed by atoms with Crippen molar-refractivity contribution in [3.63, 3.8) is 0 Å². The van der Waals surface area contributed by atoms with Crippen molar-refractivity contribution in [3.8, 4) is 5.75 Å². The van der Waals surface area contributed by atoms with Crippen LogP contribution in [0.2, 0.25) is 0 Å². The molecule has 9 nitrogen and oxygen atoms in total. The van der Waals surface area contributed by atoms with E-state index in [0.29, 0.717) is 29.3 Å². The maximum Gasteiger partial charge on any atom is 0.304 e. The minimum absolute atomic E-state index is 0.123. The normalized spacial score (nSPS) is 18.5. The summed E-state index contributed by atoms with van der Waals surface area (Å²) < 4.78 is 31.7. The lowest BCUT2D eigenvalue weighted by Crippen LogP contribution is -2.36. The lowest BCUT2D eigenvalue weighted by molar-refractivity contribution is -0.137. The number of carbonyl (C=O) groups is 1. The molecule has 0 saturated heterocycles. The van der Waals surface area contributed by atoms with Gasteiger partial charge in [0, 0.05) is 26.1 Å². The van der Waals surface area contributed by atoms with Crippen LogP contribution in [0.25, 0.3) is 11.0 Å². The van der Waals surface area contributed by atoms with Crippen LogP contribution in [0.15, 0.2) is 59.5 Å². The van der Waals surface area contributed by atoms with Gasteiger partial charge in [-0.15, -0.1) is 15.9 Å². The van der Waals surface area contributed by atoms with Crippen molar-refractivity contribution in [3.05, 3.63) is 82.4 Å². The molecule has 39 heavy (non-hydrogen) atoms. The summed E-state index contributed by atoms with van der Waals surface area (Å²) >= 11 is 0. The van der Waals surface area contributed by atoms with Gasteiger partial charge in [0.25, 0.3) is 0 Å². The second-order valence-electron chi connectivity index (χ2n) is 10.1. The van der Waals surface area contributed by atoms with Crippen molar-refractivity contribution < 1.29 is 23.7 Å². The fourth-order valence-electron chi connectivity index (χ4n) is 5.56. The lowest BCUT2D eigenvalue weighted by atomic mass is 9.86. The molecule has 0 saturated carbocycles. The molecule has 0 bridgehead atoms. The summed E-state index contributed by atoms with van der Waals surface area (Å²) in [5, 5.41) is 18.1. The van der Waals surface area contributed by atoms with Crippen LogP contribution < -0.4 is 4.74 Å². The number of aryl methyl sites for hydroxylation is 2. The van der Waals surface area contributed by atoms with Crippen LogP contribution in [0.5, 0.6) is 5.75 Å². The Morgan fingerprint density at radius 2 is 1.92 bits per heavy atom. The quantitative estimate of drug-likeness (QED) is 0.247. The van der Waals surface area contributed by atoms with Gasteiger partial charge in [-0.1, -0.05) is 48.5 Å². The SMILES string of the molecule is CCC1CN(Cc2cc(C(CC(=O)O)c3cc(OC)c4c(c3)nnn4C)ccc2C)S(O)(O)c2ccccc21. The van der Waals surface area contributed by atoms with Crippen molar-refractivity contribution >= 4 is 27.8 Å². The Morgan fingerprint density at radius 1 is 1.15 bits per heavy atom. The van der Waals surface area contributed by atoms with E-state index in [1.54, 1.807) is 23.1 Å². The van der Waals surface area contributed by atoms with Gasteiger partial charge in [0.15, 0.2) is 0 Å². The third-order valence-electron chi connectivity index (χ3n) is 7.74. The van der Waals surface area contributed by atoms with E-state index >= 15 is 0 Å². The molecule has 5 rings (SSSR count). The number of methoxy groups -OCH3 is 1. The Morgan fingerprint density at radius 3 is 2.64 bits per heavy atom. The summed E-state index contributed by atoms with van der Waals surface area (Å²) in [5.74, 6) is -0.624. The molecule has 3 N–H and O–H groups in total. The van der Waals surface area contributed by atoms with Crippen molar-refractivity contribution in [2.45, 2.75) is 50.0 Å².